The highest BCUT2D eigenvalue weighted by atomic mass is 16.5. The SMILES string of the molecule is CCCCN=C(N)NC(=O)CCc1ccc(-c2ccc(CN3CCCCC3)cc2)c(OCCCOC)c1. The van der Waals surface area contributed by atoms with Crippen LogP contribution in [0.15, 0.2) is 47.5 Å². The average molecular weight is 509 g/mol. The van der Waals surface area contributed by atoms with Crippen molar-refractivity contribution >= 4 is 11.9 Å². The fourth-order valence-corrected chi connectivity index (χ4v) is 4.49. The number of aryl methyl sites for hydroxylation is 1. The van der Waals surface area contributed by atoms with Crippen LogP contribution < -0.4 is 15.8 Å². The van der Waals surface area contributed by atoms with E-state index in [4.69, 9.17) is 15.2 Å². The van der Waals surface area contributed by atoms with Crippen molar-refractivity contribution in [1.29, 1.82) is 0 Å². The summed E-state index contributed by atoms with van der Waals surface area (Å²) in [7, 11) is 1.70. The molecule has 0 aromatic heterocycles. The summed E-state index contributed by atoms with van der Waals surface area (Å²) in [5.74, 6) is 0.895. The summed E-state index contributed by atoms with van der Waals surface area (Å²) in [5, 5.41) is 2.68. The number of amides is 1. The Bertz CT molecular complexity index is 985. The number of hydrogen-bond donors (Lipinski definition) is 2. The van der Waals surface area contributed by atoms with Gasteiger partial charge in [-0.2, -0.15) is 0 Å². The van der Waals surface area contributed by atoms with E-state index >= 15 is 0 Å². The van der Waals surface area contributed by atoms with E-state index in [9.17, 15) is 4.79 Å². The summed E-state index contributed by atoms with van der Waals surface area (Å²) in [6, 6.07) is 15.0. The van der Waals surface area contributed by atoms with E-state index in [2.05, 4.69) is 64.6 Å². The minimum absolute atomic E-state index is 0.131. The summed E-state index contributed by atoms with van der Waals surface area (Å²) in [4.78, 5) is 19.1. The topological polar surface area (TPSA) is 89.2 Å². The van der Waals surface area contributed by atoms with Crippen LogP contribution in [0.1, 0.15) is 63.0 Å². The molecule has 2 aromatic rings. The zero-order valence-electron chi connectivity index (χ0n) is 22.6. The lowest BCUT2D eigenvalue weighted by Crippen LogP contribution is -2.37. The van der Waals surface area contributed by atoms with Crippen molar-refractivity contribution < 1.29 is 14.3 Å². The molecule has 3 N–H and O–H groups in total. The highest BCUT2D eigenvalue weighted by Gasteiger charge is 2.13. The van der Waals surface area contributed by atoms with Gasteiger partial charge >= 0.3 is 0 Å². The van der Waals surface area contributed by atoms with Crippen LogP contribution >= 0.6 is 0 Å². The van der Waals surface area contributed by atoms with E-state index in [1.54, 1.807) is 7.11 Å². The van der Waals surface area contributed by atoms with Gasteiger partial charge in [0.2, 0.25) is 5.91 Å². The molecule has 0 bridgehead atoms. The smallest absolute Gasteiger partial charge is 0.226 e. The number of aliphatic imine (C=N–C) groups is 1. The van der Waals surface area contributed by atoms with E-state index in [-0.39, 0.29) is 11.9 Å². The summed E-state index contributed by atoms with van der Waals surface area (Å²) >= 11 is 0. The summed E-state index contributed by atoms with van der Waals surface area (Å²) < 4.78 is 11.4. The molecule has 0 radical (unpaired) electrons. The van der Waals surface area contributed by atoms with Crippen molar-refractivity contribution in [3.05, 3.63) is 53.6 Å². The van der Waals surface area contributed by atoms with E-state index in [1.165, 1.54) is 37.9 Å². The van der Waals surface area contributed by atoms with Crippen LogP contribution in [-0.4, -0.2) is 56.7 Å². The number of guanidine groups is 1. The maximum absolute atomic E-state index is 12.3. The third-order valence-electron chi connectivity index (χ3n) is 6.62. The Kier molecular flexibility index (Phi) is 12.4. The first-order valence-electron chi connectivity index (χ1n) is 13.7. The van der Waals surface area contributed by atoms with E-state index in [0.717, 1.165) is 48.2 Å². The molecule has 1 fully saturated rings. The van der Waals surface area contributed by atoms with Crippen molar-refractivity contribution in [2.24, 2.45) is 10.7 Å². The molecule has 37 heavy (non-hydrogen) atoms. The van der Waals surface area contributed by atoms with E-state index in [1.807, 2.05) is 0 Å². The number of nitrogens with zero attached hydrogens (tertiary/aromatic N) is 2. The standard InChI is InChI=1S/C30H44N4O3/c1-3-4-17-32-30(31)33-29(35)16-12-24-11-15-27(28(22-24)37-21-8-20-36-2)26-13-9-25(10-14-26)23-34-18-6-5-7-19-34/h9-11,13-15,22H,3-8,12,16-21,23H2,1-2H3,(H3,31,32,33,35). The molecule has 0 unspecified atom stereocenters. The molecule has 1 heterocycles. The van der Waals surface area contributed by atoms with Crippen molar-refractivity contribution in [2.75, 3.05) is 40.0 Å². The molecule has 1 aliphatic rings. The van der Waals surface area contributed by atoms with Gasteiger partial charge < -0.3 is 15.2 Å². The van der Waals surface area contributed by atoms with Crippen molar-refractivity contribution in [1.82, 2.24) is 10.2 Å². The first kappa shape index (κ1) is 28.7. The quantitative estimate of drug-likeness (QED) is 0.215. The highest BCUT2D eigenvalue weighted by Crippen LogP contribution is 2.32. The number of carbonyl (C=O) groups is 1. The molecule has 7 nitrogen and oxygen atoms in total. The van der Waals surface area contributed by atoms with Gasteiger partial charge in [-0.25, -0.2) is 0 Å². The molecule has 0 spiro atoms. The highest BCUT2D eigenvalue weighted by molar-refractivity contribution is 5.96. The van der Waals surface area contributed by atoms with E-state index in [0.29, 0.717) is 32.6 Å². The monoisotopic (exact) mass is 508 g/mol. The molecule has 1 amide bonds. The lowest BCUT2D eigenvalue weighted by Gasteiger charge is -2.26. The van der Waals surface area contributed by atoms with Crippen LogP contribution in [-0.2, 0) is 22.5 Å². The number of nitrogens with two attached hydrogens (primary N) is 1. The maximum Gasteiger partial charge on any atom is 0.226 e. The largest absolute Gasteiger partial charge is 0.493 e. The van der Waals surface area contributed by atoms with Gasteiger partial charge in [0.25, 0.3) is 0 Å². The number of rotatable bonds is 14. The molecule has 0 aliphatic carbocycles. The fourth-order valence-electron chi connectivity index (χ4n) is 4.49. The molecule has 202 valence electrons. The predicted octanol–water partition coefficient (Wildman–Crippen LogP) is 4.92. The third-order valence-corrected chi connectivity index (χ3v) is 6.62. The second kappa shape index (κ2) is 16.0. The number of hydrogen-bond acceptors (Lipinski definition) is 5. The minimum Gasteiger partial charge on any atom is -0.493 e. The van der Waals surface area contributed by atoms with Gasteiger partial charge in [-0.05, 0) is 61.5 Å². The molecule has 0 atom stereocenters. The first-order chi connectivity index (χ1) is 18.1. The number of likely N-dealkylation sites (tertiary alicyclic amines) is 1. The molecule has 2 aromatic carbocycles. The maximum atomic E-state index is 12.3. The van der Waals surface area contributed by atoms with Crippen LogP contribution in [0.25, 0.3) is 11.1 Å². The van der Waals surface area contributed by atoms with Crippen LogP contribution in [0.5, 0.6) is 5.75 Å². The Balaban J connectivity index is 1.65. The van der Waals surface area contributed by atoms with Crippen molar-refractivity contribution in [3.63, 3.8) is 0 Å². The van der Waals surface area contributed by atoms with Crippen LogP contribution in [0.2, 0.25) is 0 Å². The number of methoxy groups -OCH3 is 1. The van der Waals surface area contributed by atoms with Gasteiger partial charge in [0.05, 0.1) is 6.61 Å². The Labute approximate surface area is 222 Å². The number of ether oxygens (including phenoxy) is 2. The fraction of sp³-hybridized carbons (Fsp3) is 0.533. The molecule has 0 saturated carbocycles. The second-order valence-electron chi connectivity index (χ2n) is 9.73. The van der Waals surface area contributed by atoms with E-state index < -0.39 is 0 Å². The molecule has 7 heteroatoms. The number of carbonyl (C=O) groups excluding carboxylic acids is 1. The van der Waals surface area contributed by atoms with Crippen LogP contribution in [0.3, 0.4) is 0 Å². The van der Waals surface area contributed by atoms with Crippen LogP contribution in [0, 0.1) is 0 Å². The van der Waals surface area contributed by atoms with Gasteiger partial charge in [0.15, 0.2) is 5.96 Å². The Morgan fingerprint density at radius 2 is 1.78 bits per heavy atom. The summed E-state index contributed by atoms with van der Waals surface area (Å²) in [5.41, 5.74) is 10.4. The minimum atomic E-state index is -0.131. The van der Waals surface area contributed by atoms with Gasteiger partial charge in [-0.15, -0.1) is 0 Å². The zero-order valence-corrected chi connectivity index (χ0v) is 22.6. The summed E-state index contributed by atoms with van der Waals surface area (Å²) in [6.45, 7) is 7.35. The average Bonchev–Trinajstić information content (AvgIpc) is 2.91. The number of benzene rings is 2. The zero-order chi connectivity index (χ0) is 26.3. The van der Waals surface area contributed by atoms with Gasteiger partial charge in [-0.1, -0.05) is 56.2 Å². The molecule has 1 aliphatic heterocycles. The Morgan fingerprint density at radius 3 is 2.51 bits per heavy atom. The Morgan fingerprint density at radius 1 is 1.03 bits per heavy atom. The van der Waals surface area contributed by atoms with Crippen molar-refractivity contribution in [3.8, 4) is 16.9 Å². The van der Waals surface area contributed by atoms with Crippen molar-refractivity contribution in [2.45, 2.75) is 64.8 Å². The lowest BCUT2D eigenvalue weighted by molar-refractivity contribution is -0.119. The van der Waals surface area contributed by atoms with Crippen LogP contribution in [0.4, 0.5) is 0 Å². The molecule has 3 rings (SSSR count). The third kappa shape index (κ3) is 10.2. The number of piperidine rings is 1. The number of unbranched alkanes of at least 4 members (excludes halogenated alkanes) is 1. The lowest BCUT2D eigenvalue weighted by atomic mass is 9.99. The molecular weight excluding hydrogens is 464 g/mol. The van der Waals surface area contributed by atoms with Gasteiger partial charge in [-0.3, -0.25) is 20.0 Å². The predicted molar refractivity (Wildman–Crippen MR) is 151 cm³/mol. The van der Waals surface area contributed by atoms with Gasteiger partial charge in [0.1, 0.15) is 5.75 Å². The molecule has 1 saturated heterocycles. The summed E-state index contributed by atoms with van der Waals surface area (Å²) in [6.07, 6.45) is 7.69. The normalized spacial score (nSPS) is 14.5. The number of nitrogens with one attached hydrogen (secondary N) is 1. The Hall–Kier alpha value is -2.90. The van der Waals surface area contributed by atoms with Gasteiger partial charge in [0, 0.05) is 45.2 Å². The molecular formula is C30H44N4O3. The second-order valence-corrected chi connectivity index (χ2v) is 9.73. The first-order valence-corrected chi connectivity index (χ1v) is 13.7.